The van der Waals surface area contributed by atoms with E-state index in [-0.39, 0.29) is 5.56 Å². The minimum absolute atomic E-state index is 0.0453. The fraction of sp³-hybridized carbons (Fsp3) is 0.733. The SMILES string of the molecule is CCn1nc2c(cc1=O)CN(CC1CCCC1)CC2. The third-order valence-electron chi connectivity index (χ3n) is 4.51. The van der Waals surface area contributed by atoms with Gasteiger partial charge in [-0.2, -0.15) is 5.10 Å². The molecule has 1 aliphatic heterocycles. The van der Waals surface area contributed by atoms with Crippen LogP contribution >= 0.6 is 0 Å². The van der Waals surface area contributed by atoms with Crippen molar-refractivity contribution >= 4 is 0 Å². The molecule has 0 atom stereocenters. The molecule has 1 aromatic rings. The van der Waals surface area contributed by atoms with Crippen LogP contribution in [0.15, 0.2) is 10.9 Å². The molecule has 1 aromatic heterocycles. The number of nitrogens with zero attached hydrogens (tertiary/aromatic N) is 3. The largest absolute Gasteiger partial charge is 0.298 e. The first-order chi connectivity index (χ1) is 9.26. The molecular weight excluding hydrogens is 238 g/mol. The van der Waals surface area contributed by atoms with Gasteiger partial charge in [0, 0.05) is 38.7 Å². The van der Waals surface area contributed by atoms with Crippen LogP contribution in [0.2, 0.25) is 0 Å². The van der Waals surface area contributed by atoms with E-state index in [0.717, 1.165) is 36.7 Å². The lowest BCUT2D eigenvalue weighted by Crippen LogP contribution is -2.37. The van der Waals surface area contributed by atoms with E-state index in [1.807, 2.05) is 6.92 Å². The van der Waals surface area contributed by atoms with Crippen LogP contribution in [0.3, 0.4) is 0 Å². The average molecular weight is 261 g/mol. The van der Waals surface area contributed by atoms with Gasteiger partial charge in [-0.05, 0) is 31.2 Å². The quantitative estimate of drug-likeness (QED) is 0.833. The molecule has 1 saturated carbocycles. The molecule has 0 bridgehead atoms. The van der Waals surface area contributed by atoms with Crippen molar-refractivity contribution in [2.24, 2.45) is 5.92 Å². The van der Waals surface area contributed by atoms with Gasteiger partial charge in [0.25, 0.3) is 5.56 Å². The number of hydrogen-bond donors (Lipinski definition) is 0. The van der Waals surface area contributed by atoms with Gasteiger partial charge in [-0.15, -0.1) is 0 Å². The summed E-state index contributed by atoms with van der Waals surface area (Å²) < 4.78 is 1.57. The second kappa shape index (κ2) is 5.45. The Balaban J connectivity index is 1.72. The van der Waals surface area contributed by atoms with E-state index in [1.54, 1.807) is 10.7 Å². The molecule has 4 heteroatoms. The Morgan fingerprint density at radius 2 is 2.16 bits per heavy atom. The molecule has 0 saturated heterocycles. The molecule has 4 nitrogen and oxygen atoms in total. The van der Waals surface area contributed by atoms with Crippen LogP contribution in [0.5, 0.6) is 0 Å². The van der Waals surface area contributed by atoms with Gasteiger partial charge >= 0.3 is 0 Å². The Morgan fingerprint density at radius 1 is 1.37 bits per heavy atom. The number of aryl methyl sites for hydroxylation is 1. The van der Waals surface area contributed by atoms with Gasteiger partial charge in [0.1, 0.15) is 0 Å². The van der Waals surface area contributed by atoms with Crippen molar-refractivity contribution in [2.45, 2.75) is 52.1 Å². The van der Waals surface area contributed by atoms with E-state index in [2.05, 4.69) is 10.00 Å². The van der Waals surface area contributed by atoms with Gasteiger partial charge in [-0.25, -0.2) is 4.68 Å². The zero-order valence-electron chi connectivity index (χ0n) is 11.8. The lowest BCUT2D eigenvalue weighted by molar-refractivity contribution is 0.211. The van der Waals surface area contributed by atoms with Crippen LogP contribution in [0.4, 0.5) is 0 Å². The maximum atomic E-state index is 11.9. The molecule has 2 aliphatic rings. The fourth-order valence-electron chi connectivity index (χ4n) is 3.44. The third kappa shape index (κ3) is 2.73. The summed E-state index contributed by atoms with van der Waals surface area (Å²) in [6.45, 7) is 5.85. The molecule has 19 heavy (non-hydrogen) atoms. The minimum atomic E-state index is 0.0453. The number of hydrogen-bond acceptors (Lipinski definition) is 3. The Labute approximate surface area is 114 Å². The minimum Gasteiger partial charge on any atom is -0.298 e. The Bertz CT molecular complexity index is 503. The summed E-state index contributed by atoms with van der Waals surface area (Å²) >= 11 is 0. The van der Waals surface area contributed by atoms with Gasteiger partial charge in [0.05, 0.1) is 5.69 Å². The molecule has 0 radical (unpaired) electrons. The monoisotopic (exact) mass is 261 g/mol. The summed E-state index contributed by atoms with van der Waals surface area (Å²) in [5, 5.41) is 4.48. The first kappa shape index (κ1) is 12.9. The molecular formula is C15H23N3O. The molecule has 104 valence electrons. The molecule has 0 aromatic carbocycles. The molecule has 0 amide bonds. The summed E-state index contributed by atoms with van der Waals surface area (Å²) in [6, 6.07) is 1.80. The molecule has 0 spiro atoms. The lowest BCUT2D eigenvalue weighted by atomic mass is 10.0. The van der Waals surface area contributed by atoms with E-state index < -0.39 is 0 Å². The van der Waals surface area contributed by atoms with Crippen molar-refractivity contribution in [1.82, 2.24) is 14.7 Å². The van der Waals surface area contributed by atoms with Crippen molar-refractivity contribution in [3.63, 3.8) is 0 Å². The van der Waals surface area contributed by atoms with E-state index in [1.165, 1.54) is 32.2 Å². The molecule has 2 heterocycles. The number of fused-ring (bicyclic) bond motifs is 1. The summed E-state index contributed by atoms with van der Waals surface area (Å²) in [6.07, 6.45) is 6.57. The topological polar surface area (TPSA) is 38.1 Å². The number of aromatic nitrogens is 2. The van der Waals surface area contributed by atoms with Crippen LogP contribution in [0.25, 0.3) is 0 Å². The van der Waals surface area contributed by atoms with E-state index in [4.69, 9.17) is 0 Å². The zero-order chi connectivity index (χ0) is 13.2. The predicted molar refractivity (Wildman–Crippen MR) is 75.1 cm³/mol. The van der Waals surface area contributed by atoms with Crippen molar-refractivity contribution in [2.75, 3.05) is 13.1 Å². The first-order valence-electron chi connectivity index (χ1n) is 7.58. The summed E-state index contributed by atoms with van der Waals surface area (Å²) in [7, 11) is 0. The second-order valence-electron chi connectivity index (χ2n) is 5.91. The predicted octanol–water partition coefficient (Wildman–Crippen LogP) is 1.81. The Kier molecular flexibility index (Phi) is 3.69. The van der Waals surface area contributed by atoms with Crippen molar-refractivity contribution < 1.29 is 0 Å². The van der Waals surface area contributed by atoms with Gasteiger partial charge < -0.3 is 0 Å². The summed E-state index contributed by atoms with van der Waals surface area (Å²) in [4.78, 5) is 14.4. The van der Waals surface area contributed by atoms with Crippen molar-refractivity contribution in [3.8, 4) is 0 Å². The van der Waals surface area contributed by atoms with E-state index in [0.29, 0.717) is 6.54 Å². The van der Waals surface area contributed by atoms with Crippen LogP contribution in [0.1, 0.15) is 43.9 Å². The van der Waals surface area contributed by atoms with Gasteiger partial charge in [-0.3, -0.25) is 9.69 Å². The van der Waals surface area contributed by atoms with Gasteiger partial charge in [-0.1, -0.05) is 12.8 Å². The van der Waals surface area contributed by atoms with Crippen molar-refractivity contribution in [3.05, 3.63) is 27.7 Å². The molecule has 0 N–H and O–H groups in total. The Morgan fingerprint density at radius 3 is 2.89 bits per heavy atom. The lowest BCUT2D eigenvalue weighted by Gasteiger charge is -2.30. The highest BCUT2D eigenvalue weighted by Gasteiger charge is 2.23. The molecule has 0 unspecified atom stereocenters. The normalized spacial score (nSPS) is 20.7. The first-order valence-corrected chi connectivity index (χ1v) is 7.58. The van der Waals surface area contributed by atoms with E-state index in [9.17, 15) is 4.79 Å². The number of rotatable bonds is 3. The highest BCUT2D eigenvalue weighted by Crippen LogP contribution is 2.27. The van der Waals surface area contributed by atoms with Crippen LogP contribution < -0.4 is 5.56 Å². The molecule has 1 fully saturated rings. The summed E-state index contributed by atoms with van der Waals surface area (Å²) in [5.41, 5.74) is 2.33. The highest BCUT2D eigenvalue weighted by molar-refractivity contribution is 5.20. The zero-order valence-corrected chi connectivity index (χ0v) is 11.8. The van der Waals surface area contributed by atoms with Gasteiger partial charge in [0.15, 0.2) is 0 Å². The Hall–Kier alpha value is -1.16. The fourth-order valence-corrected chi connectivity index (χ4v) is 3.44. The van der Waals surface area contributed by atoms with Crippen LogP contribution in [-0.4, -0.2) is 27.8 Å². The van der Waals surface area contributed by atoms with Gasteiger partial charge in [0.2, 0.25) is 0 Å². The second-order valence-corrected chi connectivity index (χ2v) is 5.91. The van der Waals surface area contributed by atoms with E-state index >= 15 is 0 Å². The molecule has 3 rings (SSSR count). The average Bonchev–Trinajstić information content (AvgIpc) is 2.90. The maximum absolute atomic E-state index is 11.9. The third-order valence-corrected chi connectivity index (χ3v) is 4.51. The standard InChI is InChI=1S/C15H23N3O/c1-2-18-15(19)9-13-11-17(8-7-14(13)16-18)10-12-5-3-4-6-12/h9,12H,2-8,10-11H2,1H3. The smallest absolute Gasteiger partial charge is 0.267 e. The van der Waals surface area contributed by atoms with Crippen molar-refractivity contribution in [1.29, 1.82) is 0 Å². The highest BCUT2D eigenvalue weighted by atomic mass is 16.1. The summed E-state index contributed by atoms with van der Waals surface area (Å²) in [5.74, 6) is 0.880. The molecule has 1 aliphatic carbocycles. The van der Waals surface area contributed by atoms with Crippen LogP contribution in [0, 0.1) is 5.92 Å². The van der Waals surface area contributed by atoms with Crippen LogP contribution in [-0.2, 0) is 19.5 Å². The maximum Gasteiger partial charge on any atom is 0.267 e.